The number of nitrogens with zero attached hydrogens (tertiary/aromatic N) is 3. The number of fused-ring (bicyclic) bond motifs is 2. The maximum absolute atomic E-state index is 11.3. The number of carboxylic acids is 1. The SMILES string of the molecule is Cn1cc(CNC2C3CCC(C3)C2C(=O)O)nn1. The average Bonchev–Trinajstić information content (AvgIpc) is 3.00. The van der Waals surface area contributed by atoms with Crippen LogP contribution >= 0.6 is 0 Å². The van der Waals surface area contributed by atoms with E-state index in [0.29, 0.717) is 18.4 Å². The molecule has 4 unspecified atom stereocenters. The van der Waals surface area contributed by atoms with Gasteiger partial charge in [0.05, 0.1) is 11.6 Å². The first kappa shape index (κ1) is 11.6. The number of aryl methyl sites for hydroxylation is 1. The molecule has 98 valence electrons. The van der Waals surface area contributed by atoms with Crippen molar-refractivity contribution in [3.63, 3.8) is 0 Å². The minimum atomic E-state index is -0.654. The fourth-order valence-electron chi connectivity index (χ4n) is 3.64. The molecule has 6 nitrogen and oxygen atoms in total. The highest BCUT2D eigenvalue weighted by Gasteiger charge is 2.50. The summed E-state index contributed by atoms with van der Waals surface area (Å²) in [5, 5.41) is 20.6. The van der Waals surface area contributed by atoms with Crippen LogP contribution in [0.5, 0.6) is 0 Å². The maximum atomic E-state index is 11.3. The average molecular weight is 250 g/mol. The minimum absolute atomic E-state index is 0.100. The highest BCUT2D eigenvalue weighted by atomic mass is 16.4. The van der Waals surface area contributed by atoms with Crippen molar-refractivity contribution < 1.29 is 9.90 Å². The van der Waals surface area contributed by atoms with Gasteiger partial charge in [0, 0.05) is 25.8 Å². The molecule has 3 rings (SSSR count). The van der Waals surface area contributed by atoms with Gasteiger partial charge in [-0.05, 0) is 31.1 Å². The molecule has 1 heterocycles. The first-order valence-electron chi connectivity index (χ1n) is 6.46. The molecular weight excluding hydrogens is 232 g/mol. The molecule has 0 amide bonds. The molecule has 0 saturated heterocycles. The minimum Gasteiger partial charge on any atom is -0.481 e. The Balaban J connectivity index is 1.66. The maximum Gasteiger partial charge on any atom is 0.308 e. The molecule has 0 aliphatic heterocycles. The van der Waals surface area contributed by atoms with Gasteiger partial charge in [-0.3, -0.25) is 9.48 Å². The third-order valence-electron chi connectivity index (χ3n) is 4.37. The Labute approximate surface area is 105 Å². The summed E-state index contributed by atoms with van der Waals surface area (Å²) in [6, 6.07) is 0.100. The lowest BCUT2D eigenvalue weighted by atomic mass is 9.84. The Bertz CT molecular complexity index is 459. The summed E-state index contributed by atoms with van der Waals surface area (Å²) < 4.78 is 1.66. The van der Waals surface area contributed by atoms with Gasteiger partial charge >= 0.3 is 5.97 Å². The summed E-state index contributed by atoms with van der Waals surface area (Å²) >= 11 is 0. The van der Waals surface area contributed by atoms with Gasteiger partial charge in [-0.25, -0.2) is 0 Å². The van der Waals surface area contributed by atoms with E-state index in [1.807, 2.05) is 13.2 Å². The fraction of sp³-hybridized carbons (Fsp3) is 0.750. The van der Waals surface area contributed by atoms with Gasteiger partial charge in [0.2, 0.25) is 0 Å². The molecule has 1 aromatic heterocycles. The summed E-state index contributed by atoms with van der Waals surface area (Å²) in [6.45, 7) is 0.603. The van der Waals surface area contributed by atoms with Crippen molar-refractivity contribution in [1.29, 1.82) is 0 Å². The zero-order chi connectivity index (χ0) is 12.7. The van der Waals surface area contributed by atoms with Crippen LogP contribution in [0.1, 0.15) is 25.0 Å². The Morgan fingerprint density at radius 1 is 1.56 bits per heavy atom. The summed E-state index contributed by atoms with van der Waals surface area (Å²) in [4.78, 5) is 11.3. The van der Waals surface area contributed by atoms with Crippen molar-refractivity contribution >= 4 is 5.97 Å². The number of aliphatic carboxylic acids is 1. The lowest BCUT2D eigenvalue weighted by Crippen LogP contribution is -2.43. The van der Waals surface area contributed by atoms with Crippen molar-refractivity contribution in [3.05, 3.63) is 11.9 Å². The smallest absolute Gasteiger partial charge is 0.308 e. The van der Waals surface area contributed by atoms with E-state index in [-0.39, 0.29) is 12.0 Å². The Kier molecular flexibility index (Phi) is 2.81. The summed E-state index contributed by atoms with van der Waals surface area (Å²) in [7, 11) is 1.83. The summed E-state index contributed by atoms with van der Waals surface area (Å²) in [5.41, 5.74) is 0.865. The normalized spacial score (nSPS) is 34.1. The largest absolute Gasteiger partial charge is 0.481 e. The predicted molar refractivity (Wildman–Crippen MR) is 63.6 cm³/mol. The Morgan fingerprint density at radius 2 is 2.33 bits per heavy atom. The fourth-order valence-corrected chi connectivity index (χ4v) is 3.64. The van der Waals surface area contributed by atoms with Crippen LogP contribution < -0.4 is 5.32 Å². The van der Waals surface area contributed by atoms with Gasteiger partial charge < -0.3 is 10.4 Å². The van der Waals surface area contributed by atoms with Crippen LogP contribution in [-0.4, -0.2) is 32.1 Å². The molecule has 0 aromatic carbocycles. The molecule has 2 aliphatic rings. The van der Waals surface area contributed by atoms with Crippen molar-refractivity contribution in [3.8, 4) is 0 Å². The Morgan fingerprint density at radius 3 is 3.00 bits per heavy atom. The molecule has 2 saturated carbocycles. The second-order valence-corrected chi connectivity index (χ2v) is 5.49. The highest BCUT2D eigenvalue weighted by Crippen LogP contribution is 2.48. The lowest BCUT2D eigenvalue weighted by molar-refractivity contribution is -0.144. The van der Waals surface area contributed by atoms with E-state index in [0.717, 1.165) is 25.0 Å². The third kappa shape index (κ3) is 1.90. The standard InChI is InChI=1S/C12H18N4O2/c1-16-6-9(14-15-16)5-13-11-8-3-2-7(4-8)10(11)12(17)18/h6-8,10-11,13H,2-5H2,1H3,(H,17,18). The molecule has 18 heavy (non-hydrogen) atoms. The quantitative estimate of drug-likeness (QED) is 0.808. The molecule has 4 atom stereocenters. The lowest BCUT2D eigenvalue weighted by Gasteiger charge is -2.28. The van der Waals surface area contributed by atoms with Crippen molar-refractivity contribution in [1.82, 2.24) is 20.3 Å². The molecule has 2 N–H and O–H groups in total. The third-order valence-corrected chi connectivity index (χ3v) is 4.37. The molecule has 0 spiro atoms. The molecule has 0 radical (unpaired) electrons. The number of carbonyl (C=O) groups is 1. The highest BCUT2D eigenvalue weighted by molar-refractivity contribution is 5.72. The molecule has 6 heteroatoms. The summed E-state index contributed by atoms with van der Waals surface area (Å²) in [5.74, 6) is 0.0129. The van der Waals surface area contributed by atoms with E-state index in [1.165, 1.54) is 0 Å². The number of hydrogen-bond donors (Lipinski definition) is 2. The monoisotopic (exact) mass is 250 g/mol. The van der Waals surface area contributed by atoms with E-state index in [2.05, 4.69) is 15.6 Å². The topological polar surface area (TPSA) is 80.0 Å². The van der Waals surface area contributed by atoms with E-state index < -0.39 is 5.97 Å². The molecule has 2 fully saturated rings. The molecule has 1 aromatic rings. The van der Waals surface area contributed by atoms with Gasteiger partial charge in [0.1, 0.15) is 0 Å². The number of nitrogens with one attached hydrogen (secondary N) is 1. The van der Waals surface area contributed by atoms with Crippen molar-refractivity contribution in [2.45, 2.75) is 31.8 Å². The van der Waals surface area contributed by atoms with Gasteiger partial charge in [-0.15, -0.1) is 5.10 Å². The van der Waals surface area contributed by atoms with Gasteiger partial charge in [0.25, 0.3) is 0 Å². The van der Waals surface area contributed by atoms with Crippen LogP contribution in [0.25, 0.3) is 0 Å². The molecular formula is C12H18N4O2. The second-order valence-electron chi connectivity index (χ2n) is 5.49. The number of hydrogen-bond acceptors (Lipinski definition) is 4. The van der Waals surface area contributed by atoms with Crippen LogP contribution in [0.15, 0.2) is 6.20 Å². The first-order chi connectivity index (χ1) is 8.65. The van der Waals surface area contributed by atoms with E-state index in [9.17, 15) is 9.90 Å². The summed E-state index contributed by atoms with van der Waals surface area (Å²) in [6.07, 6.45) is 5.16. The number of rotatable bonds is 4. The van der Waals surface area contributed by atoms with Crippen LogP contribution in [0, 0.1) is 17.8 Å². The number of aromatic nitrogens is 3. The van der Waals surface area contributed by atoms with Crippen LogP contribution in [0.2, 0.25) is 0 Å². The van der Waals surface area contributed by atoms with E-state index >= 15 is 0 Å². The zero-order valence-corrected chi connectivity index (χ0v) is 10.4. The molecule has 2 bridgehead atoms. The van der Waals surface area contributed by atoms with Crippen LogP contribution in [0.4, 0.5) is 0 Å². The van der Waals surface area contributed by atoms with E-state index in [4.69, 9.17) is 0 Å². The van der Waals surface area contributed by atoms with Gasteiger partial charge in [-0.2, -0.15) is 0 Å². The van der Waals surface area contributed by atoms with Crippen molar-refractivity contribution in [2.75, 3.05) is 0 Å². The van der Waals surface area contributed by atoms with E-state index in [1.54, 1.807) is 4.68 Å². The van der Waals surface area contributed by atoms with Crippen molar-refractivity contribution in [2.24, 2.45) is 24.8 Å². The first-order valence-corrected chi connectivity index (χ1v) is 6.46. The van der Waals surface area contributed by atoms with Gasteiger partial charge in [0.15, 0.2) is 0 Å². The van der Waals surface area contributed by atoms with Crippen LogP contribution in [-0.2, 0) is 18.4 Å². The Hall–Kier alpha value is -1.43. The number of carboxylic acid groups (broad SMARTS) is 1. The second kappa shape index (κ2) is 4.35. The zero-order valence-electron chi connectivity index (χ0n) is 10.4. The predicted octanol–water partition coefficient (Wildman–Crippen LogP) is 0.404. The molecule has 2 aliphatic carbocycles. The van der Waals surface area contributed by atoms with Crippen LogP contribution in [0.3, 0.4) is 0 Å². The van der Waals surface area contributed by atoms with Gasteiger partial charge in [-0.1, -0.05) is 5.21 Å².